The maximum Gasteiger partial charge on any atom is 0.169 e. The number of nitrogens with zero attached hydrogens (tertiary/aromatic N) is 2. The summed E-state index contributed by atoms with van der Waals surface area (Å²) < 4.78 is 0. The summed E-state index contributed by atoms with van der Waals surface area (Å²) >= 11 is 0. The standard InChI is InChI=1S/C32H27N3/c1-5-14-25(15-6-1)16-7-2-8-17-26-18-13-23-29(24-26)32-34-30(27-19-9-3-10-20-27)33-31(35-32)28-21-11-4-12-22-28/h1,3-24,32H,2H2,(H,33,34,35)/b16-7+,17-8+. The molecule has 0 saturated heterocycles. The SMILES string of the molecule is C(=C\c1ccccc1)/C/C=C/c1cccc(C2N=C(c3ccccc3)NC(c3ccccc3)=N2)c1. The molecule has 0 atom stereocenters. The van der Waals surface area contributed by atoms with Crippen molar-refractivity contribution in [2.45, 2.75) is 12.6 Å². The zero-order valence-electron chi connectivity index (χ0n) is 19.5. The molecule has 0 spiro atoms. The Hall–Kier alpha value is -4.50. The van der Waals surface area contributed by atoms with Crippen molar-refractivity contribution >= 4 is 23.8 Å². The molecule has 3 heteroatoms. The van der Waals surface area contributed by atoms with Crippen molar-refractivity contribution < 1.29 is 0 Å². The van der Waals surface area contributed by atoms with Crippen molar-refractivity contribution in [3.63, 3.8) is 0 Å². The monoisotopic (exact) mass is 453 g/mol. The van der Waals surface area contributed by atoms with Gasteiger partial charge in [-0.05, 0) is 29.2 Å². The molecule has 0 radical (unpaired) electrons. The Balaban J connectivity index is 1.38. The summed E-state index contributed by atoms with van der Waals surface area (Å²) in [5.74, 6) is 1.66. The van der Waals surface area contributed by atoms with Crippen molar-refractivity contribution in [2.24, 2.45) is 9.98 Å². The lowest BCUT2D eigenvalue weighted by Crippen LogP contribution is -2.35. The van der Waals surface area contributed by atoms with Crippen molar-refractivity contribution in [3.8, 4) is 0 Å². The van der Waals surface area contributed by atoms with Crippen LogP contribution in [0.4, 0.5) is 0 Å². The number of nitrogens with one attached hydrogen (secondary N) is 1. The quantitative estimate of drug-likeness (QED) is 0.313. The van der Waals surface area contributed by atoms with Gasteiger partial charge >= 0.3 is 0 Å². The Bertz CT molecular complexity index is 1310. The molecule has 0 aliphatic carbocycles. The van der Waals surface area contributed by atoms with Gasteiger partial charge in [-0.15, -0.1) is 0 Å². The predicted octanol–water partition coefficient (Wildman–Crippen LogP) is 7.30. The number of hydrogen-bond donors (Lipinski definition) is 1. The van der Waals surface area contributed by atoms with Crippen LogP contribution in [-0.4, -0.2) is 11.7 Å². The topological polar surface area (TPSA) is 36.8 Å². The minimum Gasteiger partial charge on any atom is -0.324 e. The molecule has 1 aliphatic rings. The second kappa shape index (κ2) is 11.1. The van der Waals surface area contributed by atoms with Gasteiger partial charge < -0.3 is 5.32 Å². The lowest BCUT2D eigenvalue weighted by molar-refractivity contribution is 0.755. The van der Waals surface area contributed by atoms with Crippen molar-refractivity contribution in [3.05, 3.63) is 155 Å². The maximum atomic E-state index is 4.97. The molecule has 1 N–H and O–H groups in total. The van der Waals surface area contributed by atoms with Gasteiger partial charge in [0.25, 0.3) is 0 Å². The molecule has 0 amide bonds. The number of hydrogen-bond acceptors (Lipinski definition) is 3. The zero-order chi connectivity index (χ0) is 23.7. The predicted molar refractivity (Wildman–Crippen MR) is 147 cm³/mol. The first kappa shape index (κ1) is 22.3. The van der Waals surface area contributed by atoms with Gasteiger partial charge in [-0.2, -0.15) is 0 Å². The molecule has 1 heterocycles. The normalized spacial score (nSPS) is 14.1. The summed E-state index contributed by atoms with van der Waals surface area (Å²) in [4.78, 5) is 9.93. The average Bonchev–Trinajstić information content (AvgIpc) is 2.94. The van der Waals surface area contributed by atoms with Crippen LogP contribution in [0.25, 0.3) is 12.2 Å². The van der Waals surface area contributed by atoms with E-state index in [1.165, 1.54) is 5.56 Å². The van der Waals surface area contributed by atoms with Crippen molar-refractivity contribution in [2.75, 3.05) is 0 Å². The van der Waals surface area contributed by atoms with E-state index in [2.05, 4.69) is 102 Å². The smallest absolute Gasteiger partial charge is 0.169 e. The fourth-order valence-corrected chi connectivity index (χ4v) is 3.96. The lowest BCUT2D eigenvalue weighted by atomic mass is 10.1. The molecule has 5 rings (SSSR count). The summed E-state index contributed by atoms with van der Waals surface area (Å²) in [7, 11) is 0. The van der Waals surface area contributed by atoms with Gasteiger partial charge in [0.05, 0.1) is 0 Å². The van der Waals surface area contributed by atoms with Gasteiger partial charge in [-0.1, -0.05) is 133 Å². The molecule has 35 heavy (non-hydrogen) atoms. The van der Waals surface area contributed by atoms with Crippen molar-refractivity contribution in [1.29, 1.82) is 0 Å². The van der Waals surface area contributed by atoms with Crippen LogP contribution in [0.1, 0.15) is 40.4 Å². The van der Waals surface area contributed by atoms with Gasteiger partial charge in [0.2, 0.25) is 0 Å². The highest BCUT2D eigenvalue weighted by molar-refractivity contribution is 6.15. The molecule has 0 aromatic heterocycles. The van der Waals surface area contributed by atoms with E-state index in [0.29, 0.717) is 0 Å². The third kappa shape index (κ3) is 5.90. The van der Waals surface area contributed by atoms with Gasteiger partial charge in [-0.3, -0.25) is 0 Å². The largest absolute Gasteiger partial charge is 0.324 e. The fraction of sp³-hybridized carbons (Fsp3) is 0.0625. The van der Waals surface area contributed by atoms with E-state index in [0.717, 1.165) is 40.3 Å². The highest BCUT2D eigenvalue weighted by atomic mass is 15.2. The molecule has 1 aliphatic heterocycles. The molecule has 0 bridgehead atoms. The average molecular weight is 454 g/mol. The van der Waals surface area contributed by atoms with Gasteiger partial charge in [0.1, 0.15) is 11.7 Å². The molecular formula is C32H27N3. The van der Waals surface area contributed by atoms with Gasteiger partial charge in [0.15, 0.2) is 6.17 Å². The molecule has 4 aromatic carbocycles. The highest BCUT2D eigenvalue weighted by Crippen LogP contribution is 2.25. The zero-order valence-corrected chi connectivity index (χ0v) is 19.5. The highest BCUT2D eigenvalue weighted by Gasteiger charge is 2.20. The Morgan fingerprint density at radius 1 is 0.571 bits per heavy atom. The molecule has 0 saturated carbocycles. The van der Waals surface area contributed by atoms with Crippen LogP contribution in [0, 0.1) is 0 Å². The van der Waals surface area contributed by atoms with Crippen molar-refractivity contribution in [1.82, 2.24) is 5.32 Å². The van der Waals surface area contributed by atoms with E-state index in [-0.39, 0.29) is 6.17 Å². The first-order valence-corrected chi connectivity index (χ1v) is 11.9. The Labute approximate surface area is 206 Å². The number of aliphatic imine (C=N–C) groups is 2. The molecule has 0 unspecified atom stereocenters. The summed E-state index contributed by atoms with van der Waals surface area (Å²) in [5.41, 5.74) is 5.51. The molecular weight excluding hydrogens is 426 g/mol. The fourth-order valence-electron chi connectivity index (χ4n) is 3.96. The van der Waals surface area contributed by atoms with Crippen LogP contribution in [0.15, 0.2) is 137 Å². The van der Waals surface area contributed by atoms with Crippen LogP contribution >= 0.6 is 0 Å². The van der Waals surface area contributed by atoms with E-state index in [1.54, 1.807) is 0 Å². The number of benzene rings is 4. The first-order chi connectivity index (χ1) is 17.3. The van der Waals surface area contributed by atoms with Crippen LogP contribution in [0.3, 0.4) is 0 Å². The lowest BCUT2D eigenvalue weighted by Gasteiger charge is -2.22. The van der Waals surface area contributed by atoms with Gasteiger partial charge in [-0.25, -0.2) is 9.98 Å². The summed E-state index contributed by atoms with van der Waals surface area (Å²) in [6.07, 6.45) is 9.22. The van der Waals surface area contributed by atoms with Gasteiger partial charge in [0, 0.05) is 11.1 Å². The Morgan fingerprint density at radius 3 is 1.69 bits per heavy atom. The maximum absolute atomic E-state index is 4.97. The van der Waals surface area contributed by atoms with Crippen LogP contribution < -0.4 is 5.32 Å². The third-order valence-electron chi connectivity index (χ3n) is 5.74. The van der Waals surface area contributed by atoms with Crippen LogP contribution in [0.2, 0.25) is 0 Å². The summed E-state index contributed by atoms with van der Waals surface area (Å²) in [5, 5.41) is 3.44. The minimum atomic E-state index is -0.312. The Morgan fingerprint density at radius 2 is 1.09 bits per heavy atom. The molecule has 3 nitrogen and oxygen atoms in total. The molecule has 4 aromatic rings. The van der Waals surface area contributed by atoms with E-state index in [1.807, 2.05) is 42.5 Å². The third-order valence-corrected chi connectivity index (χ3v) is 5.74. The Kier molecular flexibility index (Phi) is 7.06. The van der Waals surface area contributed by atoms with E-state index in [4.69, 9.17) is 9.98 Å². The number of allylic oxidation sites excluding steroid dienone is 2. The number of amidine groups is 2. The van der Waals surface area contributed by atoms with E-state index < -0.39 is 0 Å². The number of rotatable bonds is 7. The van der Waals surface area contributed by atoms with Crippen LogP contribution in [0.5, 0.6) is 0 Å². The minimum absolute atomic E-state index is 0.312. The second-order valence-electron chi connectivity index (χ2n) is 8.31. The molecule has 170 valence electrons. The van der Waals surface area contributed by atoms with E-state index >= 15 is 0 Å². The second-order valence-corrected chi connectivity index (χ2v) is 8.31. The summed E-state index contributed by atoms with van der Waals surface area (Å²) in [6.45, 7) is 0. The first-order valence-electron chi connectivity index (χ1n) is 11.9. The summed E-state index contributed by atoms with van der Waals surface area (Å²) in [6, 6.07) is 39.2. The van der Waals surface area contributed by atoms with Crippen LogP contribution in [-0.2, 0) is 0 Å². The molecule has 0 fully saturated rings. The van der Waals surface area contributed by atoms with E-state index in [9.17, 15) is 0 Å².